The molecule has 0 aliphatic heterocycles. The molecule has 0 unspecified atom stereocenters. The minimum Gasteiger partial charge on any atom is -0.375 e. The molecule has 2 heterocycles. The predicted molar refractivity (Wildman–Crippen MR) is 58.2 cm³/mol. The van der Waals surface area contributed by atoms with Gasteiger partial charge in [-0.3, -0.25) is 9.48 Å². The van der Waals surface area contributed by atoms with Gasteiger partial charge in [0.2, 0.25) is 0 Å². The Bertz CT molecular complexity index is 547. The highest BCUT2D eigenvalue weighted by atomic mass is 35.5. The van der Waals surface area contributed by atoms with Gasteiger partial charge in [-0.05, 0) is 0 Å². The molecule has 84 valence electrons. The molecule has 2 rings (SSSR count). The summed E-state index contributed by atoms with van der Waals surface area (Å²) in [6.07, 6.45) is 3.03. The zero-order valence-corrected chi connectivity index (χ0v) is 9.19. The number of hydrogen-bond acceptors (Lipinski definition) is 5. The van der Waals surface area contributed by atoms with Crippen molar-refractivity contribution in [3.8, 4) is 0 Å². The molecule has 7 nitrogen and oxygen atoms in total. The van der Waals surface area contributed by atoms with Crippen LogP contribution in [0, 0.1) is 0 Å². The molecular formula is C8H9ClN6O. The van der Waals surface area contributed by atoms with E-state index < -0.39 is 5.56 Å². The van der Waals surface area contributed by atoms with E-state index in [9.17, 15) is 4.79 Å². The zero-order chi connectivity index (χ0) is 11.5. The number of aromatic nitrogens is 5. The summed E-state index contributed by atoms with van der Waals surface area (Å²) in [6.45, 7) is 0.381. The van der Waals surface area contributed by atoms with E-state index in [-0.39, 0.29) is 5.02 Å². The van der Waals surface area contributed by atoms with Crippen molar-refractivity contribution in [3.63, 3.8) is 0 Å². The first-order chi connectivity index (χ1) is 7.66. The number of nitrogens with one attached hydrogen (secondary N) is 2. The van der Waals surface area contributed by atoms with Gasteiger partial charge in [0.15, 0.2) is 5.82 Å². The van der Waals surface area contributed by atoms with Crippen molar-refractivity contribution in [2.45, 2.75) is 6.54 Å². The van der Waals surface area contributed by atoms with Gasteiger partial charge in [0.05, 0.1) is 18.4 Å². The highest BCUT2D eigenvalue weighted by molar-refractivity contribution is 6.32. The van der Waals surface area contributed by atoms with Crippen LogP contribution in [-0.2, 0) is 13.6 Å². The van der Waals surface area contributed by atoms with Crippen LogP contribution >= 0.6 is 11.6 Å². The third-order valence-corrected chi connectivity index (χ3v) is 2.25. The van der Waals surface area contributed by atoms with Crippen LogP contribution in [0.1, 0.15) is 5.82 Å². The quantitative estimate of drug-likeness (QED) is 0.798. The molecule has 0 radical (unpaired) electrons. The predicted octanol–water partition coefficient (Wildman–Crippen LogP) is 0.164. The van der Waals surface area contributed by atoms with E-state index in [0.29, 0.717) is 18.1 Å². The molecule has 0 saturated carbocycles. The van der Waals surface area contributed by atoms with Gasteiger partial charge in [0.25, 0.3) is 5.56 Å². The topological polar surface area (TPSA) is 88.5 Å². The SMILES string of the molecule is Cn1cnc(CNc2cn[nH]c(=O)c2Cl)n1. The maximum Gasteiger partial charge on any atom is 0.285 e. The Labute approximate surface area is 95.5 Å². The summed E-state index contributed by atoms with van der Waals surface area (Å²) in [5.74, 6) is 0.610. The largest absolute Gasteiger partial charge is 0.375 e. The van der Waals surface area contributed by atoms with E-state index in [1.54, 1.807) is 18.1 Å². The maximum absolute atomic E-state index is 11.1. The van der Waals surface area contributed by atoms with Crippen molar-refractivity contribution in [1.29, 1.82) is 0 Å². The van der Waals surface area contributed by atoms with Gasteiger partial charge in [-0.1, -0.05) is 11.6 Å². The molecule has 0 bridgehead atoms. The van der Waals surface area contributed by atoms with E-state index in [1.165, 1.54) is 6.20 Å². The van der Waals surface area contributed by atoms with Crippen molar-refractivity contribution in [2.75, 3.05) is 5.32 Å². The van der Waals surface area contributed by atoms with Gasteiger partial charge in [-0.2, -0.15) is 10.2 Å². The van der Waals surface area contributed by atoms with Gasteiger partial charge in [-0.15, -0.1) is 0 Å². The average Bonchev–Trinajstić information content (AvgIpc) is 2.67. The van der Waals surface area contributed by atoms with E-state index in [0.717, 1.165) is 0 Å². The molecule has 2 aromatic heterocycles. The number of hydrogen-bond donors (Lipinski definition) is 2. The average molecular weight is 241 g/mol. The summed E-state index contributed by atoms with van der Waals surface area (Å²) in [7, 11) is 1.78. The van der Waals surface area contributed by atoms with Crippen molar-refractivity contribution >= 4 is 17.3 Å². The molecule has 0 aromatic carbocycles. The third-order valence-electron chi connectivity index (χ3n) is 1.88. The van der Waals surface area contributed by atoms with Crippen LogP contribution in [0.15, 0.2) is 17.3 Å². The fourth-order valence-corrected chi connectivity index (χ4v) is 1.30. The van der Waals surface area contributed by atoms with Gasteiger partial charge in [-0.25, -0.2) is 10.1 Å². The lowest BCUT2D eigenvalue weighted by Crippen LogP contribution is -2.12. The zero-order valence-electron chi connectivity index (χ0n) is 8.44. The fraction of sp³-hybridized carbons (Fsp3) is 0.250. The lowest BCUT2D eigenvalue weighted by atomic mass is 10.4. The number of halogens is 1. The normalized spacial score (nSPS) is 10.4. The second-order valence-corrected chi connectivity index (χ2v) is 3.49. The second kappa shape index (κ2) is 4.31. The summed E-state index contributed by atoms with van der Waals surface area (Å²) in [6, 6.07) is 0. The Balaban J connectivity index is 2.10. The monoisotopic (exact) mass is 240 g/mol. The van der Waals surface area contributed by atoms with E-state index in [4.69, 9.17) is 11.6 Å². The Morgan fingerprint density at radius 2 is 2.44 bits per heavy atom. The number of nitrogens with zero attached hydrogens (tertiary/aromatic N) is 4. The molecule has 0 amide bonds. The molecule has 0 saturated heterocycles. The second-order valence-electron chi connectivity index (χ2n) is 3.11. The Hall–Kier alpha value is -1.89. The van der Waals surface area contributed by atoms with Gasteiger partial charge >= 0.3 is 0 Å². The summed E-state index contributed by atoms with van der Waals surface area (Å²) >= 11 is 5.77. The van der Waals surface area contributed by atoms with Crippen molar-refractivity contribution in [3.05, 3.63) is 33.7 Å². The first-order valence-electron chi connectivity index (χ1n) is 4.48. The van der Waals surface area contributed by atoms with Crippen LogP contribution < -0.4 is 10.9 Å². The number of aromatic amines is 1. The third kappa shape index (κ3) is 2.19. The van der Waals surface area contributed by atoms with E-state index in [1.807, 2.05) is 0 Å². The molecular weight excluding hydrogens is 232 g/mol. The molecule has 16 heavy (non-hydrogen) atoms. The van der Waals surface area contributed by atoms with Crippen molar-refractivity contribution in [2.24, 2.45) is 7.05 Å². The van der Waals surface area contributed by atoms with E-state index in [2.05, 4.69) is 25.6 Å². The van der Waals surface area contributed by atoms with Crippen LogP contribution in [-0.4, -0.2) is 25.0 Å². The molecule has 0 aliphatic rings. The van der Waals surface area contributed by atoms with Gasteiger partial charge < -0.3 is 5.32 Å². The van der Waals surface area contributed by atoms with Gasteiger partial charge in [0.1, 0.15) is 11.3 Å². The van der Waals surface area contributed by atoms with E-state index >= 15 is 0 Å². The van der Waals surface area contributed by atoms with Crippen molar-refractivity contribution < 1.29 is 0 Å². The highest BCUT2D eigenvalue weighted by Crippen LogP contribution is 2.14. The van der Waals surface area contributed by atoms with Crippen LogP contribution in [0.25, 0.3) is 0 Å². The highest BCUT2D eigenvalue weighted by Gasteiger charge is 2.05. The summed E-state index contributed by atoms with van der Waals surface area (Å²) in [5, 5.41) is 12.9. The lowest BCUT2D eigenvalue weighted by molar-refractivity contribution is 0.747. The Morgan fingerprint density at radius 3 is 3.12 bits per heavy atom. The minimum atomic E-state index is -0.430. The first-order valence-corrected chi connectivity index (χ1v) is 4.86. The lowest BCUT2D eigenvalue weighted by Gasteiger charge is -2.03. The molecule has 0 aliphatic carbocycles. The number of aryl methyl sites for hydroxylation is 1. The number of anilines is 1. The standard InChI is InChI=1S/C8H9ClN6O/c1-15-4-11-6(14-15)3-10-5-2-12-13-8(16)7(5)9/h2,4H,3H2,1H3,(H2,10,13,16). The molecule has 8 heteroatoms. The fourth-order valence-electron chi connectivity index (χ4n) is 1.15. The number of H-pyrrole nitrogens is 1. The van der Waals surface area contributed by atoms with Crippen molar-refractivity contribution in [1.82, 2.24) is 25.0 Å². The Morgan fingerprint density at radius 1 is 1.62 bits per heavy atom. The maximum atomic E-state index is 11.1. The smallest absolute Gasteiger partial charge is 0.285 e. The van der Waals surface area contributed by atoms with Gasteiger partial charge in [0, 0.05) is 7.05 Å². The molecule has 0 fully saturated rings. The van der Waals surface area contributed by atoms with Crippen LogP contribution in [0.2, 0.25) is 5.02 Å². The number of rotatable bonds is 3. The summed E-state index contributed by atoms with van der Waals surface area (Å²) in [5.41, 5.74) is 0.0264. The minimum absolute atomic E-state index is 0.0749. The molecule has 2 aromatic rings. The summed E-state index contributed by atoms with van der Waals surface area (Å²) in [4.78, 5) is 15.2. The Kier molecular flexibility index (Phi) is 2.86. The van der Waals surface area contributed by atoms with Crippen LogP contribution in [0.5, 0.6) is 0 Å². The molecule has 2 N–H and O–H groups in total. The molecule has 0 spiro atoms. The molecule has 0 atom stereocenters. The first kappa shape index (κ1) is 10.6. The van der Waals surface area contributed by atoms with Crippen LogP contribution in [0.4, 0.5) is 5.69 Å². The van der Waals surface area contributed by atoms with Crippen LogP contribution in [0.3, 0.4) is 0 Å². The summed E-state index contributed by atoms with van der Waals surface area (Å²) < 4.78 is 1.59.